The van der Waals surface area contributed by atoms with Gasteiger partial charge in [0, 0.05) is 17.3 Å². The van der Waals surface area contributed by atoms with Crippen LogP contribution in [0.3, 0.4) is 0 Å². The van der Waals surface area contributed by atoms with E-state index in [1.165, 1.54) is 11.3 Å². The van der Waals surface area contributed by atoms with Gasteiger partial charge in [0.05, 0.1) is 9.54 Å². The van der Waals surface area contributed by atoms with Crippen molar-refractivity contribution in [3.8, 4) is 0 Å². The monoisotopic (exact) mass is 345 g/mol. The standard InChI is InChI=1S/C9H13BrClNO2S2/c1-7(4-11)6-16(13,14)12-5-8-2-3-9(10)15-8/h2-3,7,12H,4-6H2,1H3. The van der Waals surface area contributed by atoms with Crippen molar-refractivity contribution < 1.29 is 8.42 Å². The predicted molar refractivity (Wildman–Crippen MR) is 72.5 cm³/mol. The molecule has 0 spiro atoms. The Morgan fingerprint density at radius 2 is 2.25 bits per heavy atom. The minimum Gasteiger partial charge on any atom is -0.212 e. The molecule has 0 aliphatic heterocycles. The number of thiophene rings is 1. The Morgan fingerprint density at radius 1 is 1.56 bits per heavy atom. The number of nitrogens with one attached hydrogen (secondary N) is 1. The van der Waals surface area contributed by atoms with Crippen molar-refractivity contribution in [1.29, 1.82) is 0 Å². The lowest BCUT2D eigenvalue weighted by atomic mass is 10.3. The normalized spacial score (nSPS) is 13.9. The van der Waals surface area contributed by atoms with Crippen molar-refractivity contribution >= 4 is 48.9 Å². The fourth-order valence-electron chi connectivity index (χ4n) is 1.11. The minimum absolute atomic E-state index is 0.0331. The van der Waals surface area contributed by atoms with E-state index in [0.717, 1.165) is 8.66 Å². The molecule has 1 aromatic heterocycles. The van der Waals surface area contributed by atoms with Crippen LogP contribution in [0, 0.1) is 5.92 Å². The lowest BCUT2D eigenvalue weighted by Crippen LogP contribution is -2.28. The molecule has 0 aliphatic rings. The molecular weight excluding hydrogens is 334 g/mol. The first-order valence-electron chi connectivity index (χ1n) is 4.70. The van der Waals surface area contributed by atoms with Crippen LogP contribution < -0.4 is 4.72 Å². The van der Waals surface area contributed by atoms with Crippen molar-refractivity contribution in [2.75, 3.05) is 11.6 Å². The largest absolute Gasteiger partial charge is 0.212 e. The third-order valence-corrected chi connectivity index (χ3v) is 5.61. The van der Waals surface area contributed by atoms with Gasteiger partial charge in [-0.05, 0) is 34.0 Å². The van der Waals surface area contributed by atoms with Crippen molar-refractivity contribution in [3.63, 3.8) is 0 Å². The van der Waals surface area contributed by atoms with Crippen molar-refractivity contribution in [3.05, 3.63) is 20.8 Å². The molecule has 1 unspecified atom stereocenters. The molecule has 16 heavy (non-hydrogen) atoms. The van der Waals surface area contributed by atoms with E-state index >= 15 is 0 Å². The van der Waals surface area contributed by atoms with Crippen LogP contribution in [-0.2, 0) is 16.6 Å². The molecule has 1 atom stereocenters. The second-order valence-corrected chi connectivity index (χ2v) is 8.28. The Hall–Kier alpha value is 0.380. The Bertz CT molecular complexity index is 432. The number of alkyl halides is 1. The Kier molecular flexibility index (Phi) is 5.73. The van der Waals surface area contributed by atoms with E-state index < -0.39 is 10.0 Å². The van der Waals surface area contributed by atoms with Gasteiger partial charge in [-0.3, -0.25) is 0 Å². The van der Waals surface area contributed by atoms with E-state index in [0.29, 0.717) is 12.4 Å². The van der Waals surface area contributed by atoms with Crippen molar-refractivity contribution in [2.45, 2.75) is 13.5 Å². The third-order valence-electron chi connectivity index (χ3n) is 1.86. The van der Waals surface area contributed by atoms with Crippen molar-refractivity contribution in [1.82, 2.24) is 4.72 Å². The molecule has 0 aliphatic carbocycles. The minimum atomic E-state index is -3.22. The molecule has 0 fully saturated rings. The quantitative estimate of drug-likeness (QED) is 0.805. The first kappa shape index (κ1) is 14.4. The summed E-state index contributed by atoms with van der Waals surface area (Å²) in [7, 11) is -3.22. The van der Waals surface area contributed by atoms with Crippen LogP contribution >= 0.6 is 38.9 Å². The fourth-order valence-corrected chi connectivity index (χ4v) is 4.22. The second-order valence-electron chi connectivity index (χ2n) is 3.57. The smallest absolute Gasteiger partial charge is 0.212 e. The summed E-state index contributed by atoms with van der Waals surface area (Å²) in [5.41, 5.74) is 0. The van der Waals surface area contributed by atoms with E-state index in [-0.39, 0.29) is 11.7 Å². The summed E-state index contributed by atoms with van der Waals surface area (Å²) in [6.45, 7) is 2.15. The van der Waals surface area contributed by atoms with E-state index in [1.807, 2.05) is 19.1 Å². The van der Waals surface area contributed by atoms with Crippen LogP contribution in [0.2, 0.25) is 0 Å². The predicted octanol–water partition coefficient (Wildman–Crippen LogP) is 2.80. The summed E-state index contributed by atoms with van der Waals surface area (Å²) in [6.07, 6.45) is 0. The number of hydrogen-bond acceptors (Lipinski definition) is 3. The van der Waals surface area contributed by atoms with Crippen LogP contribution in [0.15, 0.2) is 15.9 Å². The van der Waals surface area contributed by atoms with Gasteiger partial charge in [-0.15, -0.1) is 22.9 Å². The lowest BCUT2D eigenvalue weighted by molar-refractivity contribution is 0.569. The maximum Gasteiger partial charge on any atom is 0.212 e. The van der Waals surface area contributed by atoms with Crippen LogP contribution in [0.25, 0.3) is 0 Å². The molecular formula is C9H13BrClNO2S2. The third kappa shape index (κ3) is 5.14. The zero-order chi connectivity index (χ0) is 12.2. The maximum absolute atomic E-state index is 11.6. The molecule has 1 rings (SSSR count). The Morgan fingerprint density at radius 3 is 2.75 bits per heavy atom. The average molecular weight is 347 g/mol. The fraction of sp³-hybridized carbons (Fsp3) is 0.556. The highest BCUT2D eigenvalue weighted by molar-refractivity contribution is 9.11. The lowest BCUT2D eigenvalue weighted by Gasteiger charge is -2.09. The molecule has 1 N–H and O–H groups in total. The molecule has 0 radical (unpaired) electrons. The van der Waals surface area contributed by atoms with Crippen LogP contribution in [0.1, 0.15) is 11.8 Å². The van der Waals surface area contributed by atoms with E-state index in [4.69, 9.17) is 11.6 Å². The molecule has 3 nitrogen and oxygen atoms in total. The van der Waals surface area contributed by atoms with Crippen LogP contribution in [0.5, 0.6) is 0 Å². The second kappa shape index (κ2) is 6.35. The first-order chi connectivity index (χ1) is 7.43. The van der Waals surface area contributed by atoms with Crippen LogP contribution in [0.4, 0.5) is 0 Å². The zero-order valence-corrected chi connectivity index (χ0v) is 12.7. The SMILES string of the molecule is CC(CCl)CS(=O)(=O)NCc1ccc(Br)s1. The highest BCUT2D eigenvalue weighted by atomic mass is 79.9. The van der Waals surface area contributed by atoms with E-state index in [1.54, 1.807) is 0 Å². The zero-order valence-electron chi connectivity index (χ0n) is 8.74. The molecule has 92 valence electrons. The first-order valence-corrected chi connectivity index (χ1v) is 8.50. The highest BCUT2D eigenvalue weighted by Crippen LogP contribution is 2.21. The van der Waals surface area contributed by atoms with Gasteiger partial charge >= 0.3 is 0 Å². The Labute approximate surface area is 113 Å². The van der Waals surface area contributed by atoms with E-state index in [9.17, 15) is 8.42 Å². The van der Waals surface area contributed by atoms with Gasteiger partial charge in [0.25, 0.3) is 0 Å². The summed E-state index contributed by atoms with van der Waals surface area (Å²) in [6, 6.07) is 3.79. The molecule has 0 amide bonds. The molecule has 0 saturated heterocycles. The van der Waals surface area contributed by atoms with Crippen molar-refractivity contribution in [2.24, 2.45) is 5.92 Å². The number of sulfonamides is 1. The highest BCUT2D eigenvalue weighted by Gasteiger charge is 2.14. The molecule has 1 aromatic rings. The van der Waals surface area contributed by atoms with Gasteiger partial charge in [0.2, 0.25) is 10.0 Å². The van der Waals surface area contributed by atoms with Gasteiger partial charge in [-0.2, -0.15) is 0 Å². The summed E-state index contributed by atoms with van der Waals surface area (Å²) in [5.74, 6) is 0.392. The topological polar surface area (TPSA) is 46.2 Å². The van der Waals surface area contributed by atoms with Gasteiger partial charge in [-0.25, -0.2) is 13.1 Å². The maximum atomic E-state index is 11.6. The Balaban J connectivity index is 2.48. The van der Waals surface area contributed by atoms with Gasteiger partial charge in [0.1, 0.15) is 0 Å². The number of rotatable bonds is 6. The molecule has 0 saturated carbocycles. The van der Waals surface area contributed by atoms with E-state index in [2.05, 4.69) is 20.7 Å². The number of halogens is 2. The summed E-state index contributed by atoms with van der Waals surface area (Å²) in [4.78, 5) is 0.981. The average Bonchev–Trinajstić information content (AvgIpc) is 2.61. The number of hydrogen-bond donors (Lipinski definition) is 1. The van der Waals surface area contributed by atoms with Gasteiger partial charge < -0.3 is 0 Å². The summed E-state index contributed by atoms with van der Waals surface area (Å²) >= 11 is 10.4. The molecule has 7 heteroatoms. The molecule has 0 aromatic carbocycles. The van der Waals surface area contributed by atoms with Gasteiger partial charge in [0.15, 0.2) is 0 Å². The summed E-state index contributed by atoms with van der Waals surface area (Å²) in [5, 5.41) is 0. The van der Waals surface area contributed by atoms with Crippen LogP contribution in [-0.4, -0.2) is 20.1 Å². The van der Waals surface area contributed by atoms with Gasteiger partial charge in [-0.1, -0.05) is 6.92 Å². The molecule has 1 heterocycles. The molecule has 0 bridgehead atoms. The summed E-state index contributed by atoms with van der Waals surface area (Å²) < 4.78 is 26.8.